The van der Waals surface area contributed by atoms with Gasteiger partial charge in [-0.25, -0.2) is 0 Å². The lowest BCUT2D eigenvalue weighted by Gasteiger charge is -2.28. The number of ether oxygens (including phenoxy) is 3. The summed E-state index contributed by atoms with van der Waals surface area (Å²) in [4.78, 5) is 14.6. The molecule has 40 heavy (non-hydrogen) atoms. The van der Waals surface area contributed by atoms with E-state index in [4.69, 9.17) is 14.2 Å². The van der Waals surface area contributed by atoms with Crippen molar-refractivity contribution in [2.75, 3.05) is 36.9 Å². The predicted molar refractivity (Wildman–Crippen MR) is 155 cm³/mol. The molecular weight excluding hydrogens is 554 g/mol. The Kier molecular flexibility index (Phi) is 11.9. The van der Waals surface area contributed by atoms with Gasteiger partial charge in [0.2, 0.25) is 11.0 Å². The van der Waals surface area contributed by atoms with Gasteiger partial charge in [-0.15, -0.1) is 4.68 Å². The van der Waals surface area contributed by atoms with E-state index in [1.165, 1.54) is 11.3 Å². The van der Waals surface area contributed by atoms with Crippen LogP contribution in [0.25, 0.3) is 0 Å². The maximum Gasteiger partial charge on any atom is 0.431 e. The minimum Gasteiger partial charge on any atom is -1.00 e. The van der Waals surface area contributed by atoms with Crippen molar-refractivity contribution < 1.29 is 36.1 Å². The molecule has 0 aliphatic carbocycles. The molecule has 0 aliphatic heterocycles. The van der Waals surface area contributed by atoms with Gasteiger partial charge >= 0.3 is 5.13 Å². The molecule has 11 nitrogen and oxygen atoms in total. The summed E-state index contributed by atoms with van der Waals surface area (Å²) in [5, 5.41) is 21.4. The number of azo groups is 1. The van der Waals surface area contributed by atoms with E-state index < -0.39 is 0 Å². The van der Waals surface area contributed by atoms with E-state index in [2.05, 4.69) is 58.6 Å². The molecule has 0 fully saturated rings. The third-order valence-corrected chi connectivity index (χ3v) is 6.85. The van der Waals surface area contributed by atoms with Gasteiger partial charge in [-0.2, -0.15) is 0 Å². The number of aromatic nitrogens is 2. The van der Waals surface area contributed by atoms with Gasteiger partial charge in [0, 0.05) is 36.3 Å². The number of nitrogens with one attached hydrogen (secondary N) is 2. The number of hydrogen-bond acceptors (Lipinski definition) is 10. The number of carbonyl (C=O) groups excluding carboxylic acids is 1. The largest absolute Gasteiger partial charge is 1.00 e. The molecular formula is C27H38ClN7O4S. The molecule has 1 amide bonds. The molecule has 13 heteroatoms. The highest BCUT2D eigenvalue weighted by atomic mass is 35.5. The average molecular weight is 592 g/mol. The number of methoxy groups -OCH3 is 3. The zero-order valence-electron chi connectivity index (χ0n) is 24.4. The van der Waals surface area contributed by atoms with E-state index in [0.717, 1.165) is 10.8 Å². The van der Waals surface area contributed by atoms with E-state index in [0.29, 0.717) is 45.9 Å². The van der Waals surface area contributed by atoms with Crippen LogP contribution in [0, 0.1) is 0 Å². The van der Waals surface area contributed by atoms with Crippen molar-refractivity contribution >= 4 is 50.3 Å². The quantitative estimate of drug-likeness (QED) is 0.246. The van der Waals surface area contributed by atoms with Crippen LogP contribution in [0.15, 0.2) is 40.6 Å². The van der Waals surface area contributed by atoms with Crippen molar-refractivity contribution in [1.82, 2.24) is 5.10 Å². The van der Waals surface area contributed by atoms with Gasteiger partial charge in [0.05, 0.1) is 37.8 Å². The lowest BCUT2D eigenvalue weighted by atomic mass is 10.2. The Bertz CT molecular complexity index is 1320. The third kappa shape index (κ3) is 7.72. The number of benzene rings is 2. The Balaban J connectivity index is 0.00000560. The molecule has 0 unspecified atom stereocenters. The van der Waals surface area contributed by atoms with Crippen LogP contribution in [0.4, 0.5) is 33.0 Å². The van der Waals surface area contributed by atoms with E-state index in [-0.39, 0.29) is 30.4 Å². The summed E-state index contributed by atoms with van der Waals surface area (Å²) in [7, 11) is 6.57. The molecule has 0 aliphatic rings. The SMILES string of the molecule is CCC(=O)Nc1cc(Nc2ccc(OC)c(OC)c2)c(OC)cc1N=Nc1sc(N(C(C)C)C(C)C)n[n+]1C.[Cl-]. The lowest BCUT2D eigenvalue weighted by Crippen LogP contribution is -3.00. The number of anilines is 4. The van der Waals surface area contributed by atoms with Gasteiger partial charge in [0.15, 0.2) is 11.5 Å². The van der Waals surface area contributed by atoms with E-state index in [1.54, 1.807) is 51.1 Å². The van der Waals surface area contributed by atoms with Crippen molar-refractivity contribution in [2.24, 2.45) is 17.3 Å². The monoisotopic (exact) mass is 591 g/mol. The first-order chi connectivity index (χ1) is 18.6. The zero-order chi connectivity index (χ0) is 28.7. The molecule has 2 N–H and O–H groups in total. The number of aryl methyl sites for hydroxylation is 1. The summed E-state index contributed by atoms with van der Waals surface area (Å²) in [5.41, 5.74) is 2.32. The molecule has 3 rings (SSSR count). The number of halogens is 1. The van der Waals surface area contributed by atoms with E-state index in [9.17, 15) is 4.79 Å². The van der Waals surface area contributed by atoms with E-state index in [1.807, 2.05) is 19.2 Å². The molecule has 0 atom stereocenters. The second kappa shape index (κ2) is 14.7. The Morgan fingerprint density at radius 1 is 0.975 bits per heavy atom. The maximum atomic E-state index is 12.4. The van der Waals surface area contributed by atoms with Gasteiger partial charge in [-0.05, 0) is 62.3 Å². The Morgan fingerprint density at radius 2 is 1.62 bits per heavy atom. The summed E-state index contributed by atoms with van der Waals surface area (Å²) < 4.78 is 18.1. The zero-order valence-corrected chi connectivity index (χ0v) is 26.0. The van der Waals surface area contributed by atoms with Gasteiger partial charge < -0.3 is 42.2 Å². The standard InChI is InChI=1S/C27H37N7O4S.ClH/c1-10-25(35)29-19-14-21(28-18-11-12-22(36-7)24(13-18)38-9)23(37-8)15-20(19)30-31-26-33(6)32-27(39-26)34(16(2)3)17(4)5;/h11-17H,10H2,1-9H3,(H,28,29,35);1H. The van der Waals surface area contributed by atoms with Crippen LogP contribution in [0.3, 0.4) is 0 Å². The Hall–Kier alpha value is -3.64. The van der Waals surface area contributed by atoms with Crippen LogP contribution in [0.1, 0.15) is 41.0 Å². The summed E-state index contributed by atoms with van der Waals surface area (Å²) in [6, 6.07) is 9.55. The first-order valence-corrected chi connectivity index (χ1v) is 13.5. The van der Waals surface area contributed by atoms with Crippen LogP contribution in [0.2, 0.25) is 0 Å². The van der Waals surface area contributed by atoms with Crippen molar-refractivity contribution in [3.63, 3.8) is 0 Å². The summed E-state index contributed by atoms with van der Waals surface area (Å²) >= 11 is 1.45. The minimum atomic E-state index is -0.149. The molecule has 0 saturated heterocycles. The van der Waals surface area contributed by atoms with Crippen molar-refractivity contribution in [3.8, 4) is 17.2 Å². The Morgan fingerprint density at radius 3 is 2.20 bits per heavy atom. The van der Waals surface area contributed by atoms with Gasteiger partial charge in [-0.1, -0.05) is 12.0 Å². The predicted octanol–water partition coefficient (Wildman–Crippen LogP) is 3.13. The van der Waals surface area contributed by atoms with E-state index >= 15 is 0 Å². The first kappa shape index (κ1) is 32.6. The van der Waals surface area contributed by atoms with Crippen molar-refractivity contribution in [1.29, 1.82) is 0 Å². The average Bonchev–Trinajstić information content (AvgIpc) is 3.26. The fourth-order valence-corrected chi connectivity index (χ4v) is 5.10. The fourth-order valence-electron chi connectivity index (χ4n) is 3.99. The smallest absolute Gasteiger partial charge is 0.431 e. The molecule has 2 aromatic carbocycles. The van der Waals surface area contributed by atoms with Gasteiger partial charge in [-0.3, -0.25) is 4.79 Å². The van der Waals surface area contributed by atoms with Crippen molar-refractivity contribution in [2.45, 2.75) is 53.1 Å². The van der Waals surface area contributed by atoms with Crippen LogP contribution in [0.5, 0.6) is 17.2 Å². The summed E-state index contributed by atoms with van der Waals surface area (Å²) in [6.07, 6.45) is 0.314. The minimum absolute atomic E-state index is 0. The second-order valence-electron chi connectivity index (χ2n) is 9.25. The molecule has 1 aromatic heterocycles. The molecule has 0 bridgehead atoms. The number of carbonyl (C=O) groups is 1. The molecule has 218 valence electrons. The highest BCUT2D eigenvalue weighted by Crippen LogP contribution is 2.40. The van der Waals surface area contributed by atoms with Crippen LogP contribution >= 0.6 is 11.3 Å². The second-order valence-corrected chi connectivity index (χ2v) is 10.2. The third-order valence-electron chi connectivity index (χ3n) is 5.85. The lowest BCUT2D eigenvalue weighted by molar-refractivity contribution is -0.712. The summed E-state index contributed by atoms with van der Waals surface area (Å²) in [5.74, 6) is 1.57. The number of nitrogens with zero attached hydrogens (tertiary/aromatic N) is 5. The molecule has 3 aromatic rings. The van der Waals surface area contributed by atoms with Crippen LogP contribution < -0.4 is 46.8 Å². The number of amides is 1. The maximum absolute atomic E-state index is 12.4. The molecule has 0 radical (unpaired) electrons. The molecule has 0 spiro atoms. The molecule has 1 heterocycles. The molecule has 0 saturated carbocycles. The number of rotatable bonds is 12. The Labute approximate surface area is 246 Å². The highest BCUT2D eigenvalue weighted by Gasteiger charge is 2.25. The normalized spacial score (nSPS) is 11.0. The van der Waals surface area contributed by atoms with Crippen LogP contribution in [-0.2, 0) is 11.8 Å². The fraction of sp³-hybridized carbons (Fsp3) is 0.444. The topological polar surface area (TPSA) is 114 Å². The number of hydrogen-bond donors (Lipinski definition) is 2. The van der Waals surface area contributed by atoms with Crippen LogP contribution in [-0.4, -0.2) is 44.4 Å². The van der Waals surface area contributed by atoms with Gasteiger partial charge in [0.1, 0.15) is 18.5 Å². The van der Waals surface area contributed by atoms with Gasteiger partial charge in [0.25, 0.3) is 0 Å². The van der Waals surface area contributed by atoms with Crippen molar-refractivity contribution in [3.05, 3.63) is 30.3 Å². The first-order valence-electron chi connectivity index (χ1n) is 12.7. The highest BCUT2D eigenvalue weighted by molar-refractivity contribution is 7.18. The summed E-state index contributed by atoms with van der Waals surface area (Å²) in [6.45, 7) is 10.3.